The second-order valence-corrected chi connectivity index (χ2v) is 7.39. The molecule has 5 atom stereocenters. The number of aliphatic hydroxyl groups excluding tert-OH is 4. The van der Waals surface area contributed by atoms with Gasteiger partial charge in [-0.3, -0.25) is 0 Å². The van der Waals surface area contributed by atoms with Gasteiger partial charge in [0.15, 0.2) is 0 Å². The molecule has 1 aliphatic heterocycles. The van der Waals surface area contributed by atoms with Crippen LogP contribution in [-0.2, 0) is 4.74 Å². The molecule has 0 saturated carbocycles. The van der Waals surface area contributed by atoms with Gasteiger partial charge in [0.25, 0.3) is 0 Å². The van der Waals surface area contributed by atoms with Crippen molar-refractivity contribution in [3.05, 3.63) is 52.2 Å². The maximum Gasteiger partial charge on any atom is 0.345 e. The van der Waals surface area contributed by atoms with E-state index in [1.165, 1.54) is 17.4 Å². The zero-order chi connectivity index (χ0) is 19.8. The molecule has 1 fully saturated rings. The summed E-state index contributed by atoms with van der Waals surface area (Å²) in [5.41, 5.74) is 0.262. The summed E-state index contributed by atoms with van der Waals surface area (Å²) in [4.78, 5) is 13.1. The van der Waals surface area contributed by atoms with Gasteiger partial charge in [-0.25, -0.2) is 4.79 Å². The van der Waals surface area contributed by atoms with Gasteiger partial charge in [0.1, 0.15) is 35.7 Å². The second-order valence-electron chi connectivity index (χ2n) is 6.44. The number of hydrogen-bond acceptors (Lipinski definition) is 9. The second kappa shape index (κ2) is 9.54. The van der Waals surface area contributed by atoms with Gasteiger partial charge in [0.05, 0.1) is 12.2 Å². The molecule has 0 bridgehead atoms. The minimum absolute atomic E-state index is 0. The van der Waals surface area contributed by atoms with E-state index in [9.17, 15) is 25.2 Å². The van der Waals surface area contributed by atoms with Crippen LogP contribution in [0.4, 0.5) is 0 Å². The van der Waals surface area contributed by atoms with Crippen LogP contribution in [0.3, 0.4) is 0 Å². The fourth-order valence-electron chi connectivity index (χ4n) is 3.07. The summed E-state index contributed by atoms with van der Waals surface area (Å²) in [6.45, 7) is -0.553. The molecule has 2 aromatic heterocycles. The summed E-state index contributed by atoms with van der Waals surface area (Å²) < 4.78 is 16.3. The number of fused-ring (bicyclic) bond motifs is 1. The maximum atomic E-state index is 12.3. The van der Waals surface area contributed by atoms with Crippen molar-refractivity contribution in [2.45, 2.75) is 30.7 Å². The molecule has 1 aromatic carbocycles. The van der Waals surface area contributed by atoms with Crippen LogP contribution in [0, 0.1) is 44.1 Å². The van der Waals surface area contributed by atoms with Gasteiger partial charge in [-0.2, -0.15) is 0 Å². The molecular formula is C19H18AcO8S. The number of benzene rings is 1. The first-order chi connectivity index (χ1) is 13.5. The molecule has 0 amide bonds. The molecule has 4 N–H and O–H groups in total. The average molecular weight is 633 g/mol. The van der Waals surface area contributed by atoms with E-state index in [0.29, 0.717) is 10.9 Å². The maximum absolute atomic E-state index is 12.3. The van der Waals surface area contributed by atoms with Gasteiger partial charge in [-0.1, -0.05) is 6.07 Å². The fourth-order valence-corrected chi connectivity index (χ4v) is 3.80. The van der Waals surface area contributed by atoms with Crippen LogP contribution in [0.2, 0.25) is 0 Å². The van der Waals surface area contributed by atoms with E-state index in [0.717, 1.165) is 4.88 Å². The van der Waals surface area contributed by atoms with E-state index in [1.54, 1.807) is 18.2 Å². The Morgan fingerprint density at radius 1 is 1.07 bits per heavy atom. The third kappa shape index (κ3) is 4.60. The van der Waals surface area contributed by atoms with Gasteiger partial charge in [0.2, 0.25) is 6.29 Å². The zero-order valence-electron chi connectivity index (χ0n) is 15.0. The molecular weight excluding hydrogens is 615 g/mol. The predicted octanol–water partition coefficient (Wildman–Crippen LogP) is 0.700. The molecule has 0 spiro atoms. The largest absolute Gasteiger partial charge is 0.462 e. The molecule has 1 radical (unpaired) electrons. The normalized spacial score (nSPS) is 26.8. The summed E-state index contributed by atoms with van der Waals surface area (Å²) >= 11 is 1.43. The number of rotatable bonds is 4. The van der Waals surface area contributed by atoms with Gasteiger partial charge in [-0.15, -0.1) is 11.3 Å². The fraction of sp³-hybridized carbons (Fsp3) is 0.316. The monoisotopic (exact) mass is 633 g/mol. The molecule has 3 aromatic rings. The van der Waals surface area contributed by atoms with Crippen molar-refractivity contribution in [2.24, 2.45) is 0 Å². The molecule has 5 unspecified atom stereocenters. The van der Waals surface area contributed by atoms with Crippen molar-refractivity contribution in [1.29, 1.82) is 0 Å². The Labute approximate surface area is 204 Å². The van der Waals surface area contributed by atoms with E-state index in [2.05, 4.69) is 0 Å². The first kappa shape index (κ1) is 22.8. The van der Waals surface area contributed by atoms with Crippen molar-refractivity contribution in [1.82, 2.24) is 0 Å². The van der Waals surface area contributed by atoms with E-state index >= 15 is 0 Å². The topological polar surface area (TPSA) is 130 Å². The minimum atomic E-state index is -1.54. The van der Waals surface area contributed by atoms with Crippen LogP contribution < -0.4 is 10.4 Å². The van der Waals surface area contributed by atoms with Crippen LogP contribution >= 0.6 is 11.3 Å². The SMILES string of the molecule is O=c1oc2cc(OC3OC(CO)C(O)C(O)C3O)ccc2cc1-c1cccs1.[Ac]. The summed E-state index contributed by atoms with van der Waals surface area (Å²) in [5.74, 6) is 0.226. The molecule has 29 heavy (non-hydrogen) atoms. The molecule has 3 heterocycles. The van der Waals surface area contributed by atoms with E-state index in [4.69, 9.17) is 13.9 Å². The Balaban J connectivity index is 0.00000240. The van der Waals surface area contributed by atoms with Gasteiger partial charge >= 0.3 is 5.63 Å². The van der Waals surface area contributed by atoms with Gasteiger partial charge in [0, 0.05) is 60.4 Å². The molecule has 1 saturated heterocycles. The summed E-state index contributed by atoms with van der Waals surface area (Å²) in [7, 11) is 0. The van der Waals surface area contributed by atoms with Gasteiger partial charge < -0.3 is 34.3 Å². The summed E-state index contributed by atoms with van der Waals surface area (Å²) in [6, 6.07) is 10.2. The molecule has 1 aliphatic rings. The number of thiophene rings is 1. The smallest absolute Gasteiger partial charge is 0.345 e. The third-order valence-corrected chi connectivity index (χ3v) is 5.50. The van der Waals surface area contributed by atoms with Crippen molar-refractivity contribution >= 4 is 22.3 Å². The van der Waals surface area contributed by atoms with Crippen molar-refractivity contribution in [3.8, 4) is 16.2 Å². The Morgan fingerprint density at radius 2 is 1.86 bits per heavy atom. The Hall–Kier alpha value is -0.828. The van der Waals surface area contributed by atoms with Crippen LogP contribution in [0.5, 0.6) is 5.75 Å². The Morgan fingerprint density at radius 3 is 2.55 bits per heavy atom. The summed E-state index contributed by atoms with van der Waals surface area (Å²) in [5, 5.41) is 41.5. The number of ether oxygens (including phenoxy) is 2. The van der Waals surface area contributed by atoms with Crippen LogP contribution in [-0.4, -0.2) is 57.7 Å². The Kier molecular flexibility index (Phi) is 7.52. The number of hydrogen-bond donors (Lipinski definition) is 4. The zero-order valence-corrected chi connectivity index (χ0v) is 20.6. The van der Waals surface area contributed by atoms with E-state index in [-0.39, 0.29) is 55.4 Å². The number of aliphatic hydroxyl groups is 4. The molecule has 4 rings (SSSR count). The summed E-state index contributed by atoms with van der Waals surface area (Å²) in [6.07, 6.45) is -6.92. The van der Waals surface area contributed by atoms with E-state index < -0.39 is 42.9 Å². The average Bonchev–Trinajstić information content (AvgIpc) is 3.22. The van der Waals surface area contributed by atoms with Crippen LogP contribution in [0.1, 0.15) is 0 Å². The standard InChI is InChI=1S/C19H18O8S.Ac/c20-8-13-15(21)16(22)17(23)19(27-13)25-10-4-3-9-6-11(14-2-1-5-28-14)18(24)26-12(9)7-10;/h1-7,13,15-17,19-23H,8H2;. The molecule has 151 valence electrons. The molecule has 0 aliphatic carbocycles. The third-order valence-electron chi connectivity index (χ3n) is 4.59. The first-order valence-corrected chi connectivity index (χ1v) is 9.45. The van der Waals surface area contributed by atoms with Crippen molar-refractivity contribution < 1.29 is 78.4 Å². The Bertz CT molecular complexity index is 1020. The molecule has 8 nitrogen and oxygen atoms in total. The minimum Gasteiger partial charge on any atom is -0.462 e. The van der Waals surface area contributed by atoms with Gasteiger partial charge in [-0.05, 0) is 29.6 Å². The van der Waals surface area contributed by atoms with Crippen LogP contribution in [0.25, 0.3) is 21.4 Å². The van der Waals surface area contributed by atoms with Crippen LogP contribution in [0.15, 0.2) is 51.0 Å². The van der Waals surface area contributed by atoms with E-state index in [1.807, 2.05) is 17.5 Å². The van der Waals surface area contributed by atoms with Crippen molar-refractivity contribution in [3.63, 3.8) is 0 Å². The predicted molar refractivity (Wildman–Crippen MR) is 100 cm³/mol. The van der Waals surface area contributed by atoms with Crippen molar-refractivity contribution in [2.75, 3.05) is 6.61 Å². The quantitative estimate of drug-likeness (QED) is 0.310. The first-order valence-electron chi connectivity index (χ1n) is 8.57. The molecule has 10 heteroatoms.